The molecule has 3 aromatic heterocycles. The molecule has 2 fully saturated rings. The zero-order valence-electron chi connectivity index (χ0n) is 22.6. The number of nitrogens with zero attached hydrogens (tertiary/aromatic N) is 7. The summed E-state index contributed by atoms with van der Waals surface area (Å²) in [5.41, 5.74) is 0.909. The van der Waals surface area contributed by atoms with Crippen molar-refractivity contribution in [3.05, 3.63) is 36.5 Å². The van der Waals surface area contributed by atoms with Crippen LogP contribution in [0.4, 0.5) is 10.6 Å². The molecule has 0 spiro atoms. The Labute approximate surface area is 239 Å². The first kappa shape index (κ1) is 29.5. The Hall–Kier alpha value is -4.00. The molecule has 17 nitrogen and oxygen atoms in total. The van der Waals surface area contributed by atoms with Crippen LogP contribution in [0, 0.1) is 0 Å². The van der Waals surface area contributed by atoms with Crippen LogP contribution in [0.15, 0.2) is 31.0 Å². The number of rotatable bonds is 10. The molecule has 0 radical (unpaired) electrons. The molecule has 5 rings (SSSR count). The summed E-state index contributed by atoms with van der Waals surface area (Å²) in [6.45, 7) is 0.212. The predicted octanol–water partition coefficient (Wildman–Crippen LogP) is -1.25. The molecule has 6 N–H and O–H groups in total. The average molecular weight is 589 g/mol. The number of aliphatic hydroxyl groups excluding tert-OH is 1. The van der Waals surface area contributed by atoms with Gasteiger partial charge in [0.15, 0.2) is 12.1 Å². The van der Waals surface area contributed by atoms with Gasteiger partial charge in [-0.3, -0.25) is 14.6 Å². The van der Waals surface area contributed by atoms with Crippen molar-refractivity contribution in [1.82, 2.24) is 35.0 Å². The average Bonchev–Trinajstić information content (AvgIpc) is 3.37. The van der Waals surface area contributed by atoms with Crippen molar-refractivity contribution in [2.45, 2.75) is 56.2 Å². The molecule has 0 bridgehead atoms. The Kier molecular flexibility index (Phi) is 8.76. The molecule has 1 aliphatic carbocycles. The van der Waals surface area contributed by atoms with Crippen molar-refractivity contribution in [3.8, 4) is 23.1 Å². The van der Waals surface area contributed by atoms with Crippen molar-refractivity contribution >= 4 is 11.8 Å². The maximum absolute atomic E-state index is 13.1. The highest BCUT2D eigenvalue weighted by Gasteiger charge is 2.34. The topological polar surface area (TPSA) is 231 Å². The number of carbonyl (C=O) groups excluding carboxylic acids is 1. The number of urea groups is 1. The second-order valence-corrected chi connectivity index (χ2v) is 10.0. The monoisotopic (exact) mass is 588 g/mol. The fourth-order valence-corrected chi connectivity index (χ4v) is 4.61. The summed E-state index contributed by atoms with van der Waals surface area (Å²) in [6, 6.07) is -0.944. The van der Waals surface area contributed by atoms with Crippen LogP contribution in [0.2, 0.25) is 0 Å². The molecule has 0 unspecified atom stereocenters. The Morgan fingerprint density at radius 3 is 2.40 bits per heavy atom. The minimum absolute atomic E-state index is 0.0786. The van der Waals surface area contributed by atoms with Gasteiger partial charge >= 0.3 is 18.0 Å². The van der Waals surface area contributed by atoms with Gasteiger partial charge in [-0.25, -0.2) is 14.8 Å². The van der Waals surface area contributed by atoms with Crippen molar-refractivity contribution < 1.29 is 44.5 Å². The van der Waals surface area contributed by atoms with Gasteiger partial charge in [-0.1, -0.05) is 0 Å². The van der Waals surface area contributed by atoms with Gasteiger partial charge in [0, 0.05) is 31.0 Å². The number of amides is 2. The van der Waals surface area contributed by atoms with Crippen LogP contribution in [0.25, 0.3) is 11.3 Å². The third kappa shape index (κ3) is 7.07. The van der Waals surface area contributed by atoms with Gasteiger partial charge in [-0.05, 0) is 25.7 Å². The fraction of sp³-hybridized carbons (Fsp3) is 0.520. The van der Waals surface area contributed by atoms with Crippen LogP contribution in [-0.2, 0) is 17.8 Å². The summed E-state index contributed by atoms with van der Waals surface area (Å²) in [6.07, 6.45) is 7.06. The maximum atomic E-state index is 13.1. The van der Waals surface area contributed by atoms with Gasteiger partial charge in [-0.15, -0.1) is 0 Å². The SMILES string of the molecule is Cn1cc(-c2cnc(N(C(=O)NCC(O)O)C3CCC(Oc4ncc(C(O)(O)O)c(OC5COC5)n4)CC3)cn2)cn1. The first-order chi connectivity index (χ1) is 20.1. The van der Waals surface area contributed by atoms with Crippen LogP contribution < -0.4 is 19.7 Å². The van der Waals surface area contributed by atoms with Gasteiger partial charge in [0.2, 0.25) is 5.88 Å². The molecule has 0 atom stereocenters. The van der Waals surface area contributed by atoms with Crippen LogP contribution in [0.3, 0.4) is 0 Å². The molecule has 0 aromatic carbocycles. The van der Waals surface area contributed by atoms with E-state index in [0.29, 0.717) is 31.4 Å². The van der Waals surface area contributed by atoms with E-state index in [0.717, 1.165) is 11.8 Å². The van der Waals surface area contributed by atoms with E-state index in [1.165, 1.54) is 11.1 Å². The van der Waals surface area contributed by atoms with Gasteiger partial charge in [-0.2, -0.15) is 10.1 Å². The molecule has 4 heterocycles. The largest absolute Gasteiger partial charge is 0.469 e. The number of carbonyl (C=O) groups is 1. The lowest BCUT2D eigenvalue weighted by molar-refractivity contribution is -0.325. The van der Waals surface area contributed by atoms with Gasteiger partial charge < -0.3 is 45.1 Å². The van der Waals surface area contributed by atoms with Crippen LogP contribution >= 0.6 is 0 Å². The Morgan fingerprint density at radius 2 is 1.83 bits per heavy atom. The second-order valence-electron chi connectivity index (χ2n) is 10.0. The molecule has 226 valence electrons. The lowest BCUT2D eigenvalue weighted by atomic mass is 9.92. The summed E-state index contributed by atoms with van der Waals surface area (Å²) in [5.74, 6) is -3.15. The quantitative estimate of drug-likeness (QED) is 0.152. The molecule has 2 aliphatic rings. The molecular formula is C25H32N8O9. The normalized spacial score (nSPS) is 19.3. The molecule has 1 saturated carbocycles. The summed E-state index contributed by atoms with van der Waals surface area (Å²) in [5, 5.41) is 54.1. The number of ether oxygens (including phenoxy) is 3. The van der Waals surface area contributed by atoms with Gasteiger partial charge in [0.25, 0.3) is 0 Å². The highest BCUT2D eigenvalue weighted by molar-refractivity contribution is 5.91. The number of hydrogen-bond donors (Lipinski definition) is 6. The minimum atomic E-state index is -3.20. The van der Waals surface area contributed by atoms with Crippen molar-refractivity contribution in [2.75, 3.05) is 24.7 Å². The zero-order valence-corrected chi connectivity index (χ0v) is 22.6. The Morgan fingerprint density at radius 1 is 1.07 bits per heavy atom. The van der Waals surface area contributed by atoms with E-state index < -0.39 is 23.9 Å². The van der Waals surface area contributed by atoms with Crippen LogP contribution in [0.1, 0.15) is 31.2 Å². The van der Waals surface area contributed by atoms with Crippen molar-refractivity contribution in [2.24, 2.45) is 7.05 Å². The Bertz CT molecular complexity index is 1350. The van der Waals surface area contributed by atoms with Gasteiger partial charge in [0.05, 0.1) is 44.0 Å². The predicted molar refractivity (Wildman–Crippen MR) is 141 cm³/mol. The van der Waals surface area contributed by atoms with E-state index in [2.05, 4.69) is 30.4 Å². The zero-order chi connectivity index (χ0) is 29.9. The smallest absolute Gasteiger partial charge is 0.323 e. The number of aromatic nitrogens is 6. The first-order valence-corrected chi connectivity index (χ1v) is 13.3. The van der Waals surface area contributed by atoms with E-state index >= 15 is 0 Å². The Balaban J connectivity index is 1.27. The molecule has 2 amide bonds. The van der Waals surface area contributed by atoms with E-state index in [-0.39, 0.29) is 55.7 Å². The van der Waals surface area contributed by atoms with Crippen LogP contribution in [-0.4, -0.2) is 106 Å². The maximum Gasteiger partial charge on any atom is 0.323 e. The highest BCUT2D eigenvalue weighted by atomic mass is 16.7. The van der Waals surface area contributed by atoms with E-state index in [4.69, 9.17) is 14.2 Å². The molecular weight excluding hydrogens is 556 g/mol. The number of hydrogen-bond acceptors (Lipinski definition) is 14. The number of nitrogens with one attached hydrogen (secondary N) is 1. The molecule has 1 saturated heterocycles. The van der Waals surface area contributed by atoms with Gasteiger partial charge in [0.1, 0.15) is 17.8 Å². The number of aryl methyl sites for hydroxylation is 1. The second kappa shape index (κ2) is 12.5. The third-order valence-electron chi connectivity index (χ3n) is 6.80. The summed E-state index contributed by atoms with van der Waals surface area (Å²) in [4.78, 5) is 31.6. The summed E-state index contributed by atoms with van der Waals surface area (Å²) in [7, 11) is 1.79. The number of anilines is 1. The third-order valence-corrected chi connectivity index (χ3v) is 6.80. The van der Waals surface area contributed by atoms with E-state index in [1.54, 1.807) is 30.3 Å². The number of aliphatic hydroxyl groups is 5. The first-order valence-electron chi connectivity index (χ1n) is 13.3. The standard InChI is InChI=1S/C25H32N8O9/c1-32-11-14(6-30-32)19-8-27-20(9-26-19)33(24(36)29-10-21(34)35)15-2-4-16(5-3-15)42-23-28-7-18(25(37,38)39)22(31-23)41-17-12-40-13-17/h6-9,11,15-17,21,34-35,37-39H,2-5,10,12-13H2,1H3,(H,29,36). The highest BCUT2D eigenvalue weighted by Crippen LogP contribution is 2.31. The lowest BCUT2D eigenvalue weighted by Crippen LogP contribution is -2.50. The molecule has 3 aromatic rings. The van der Waals surface area contributed by atoms with E-state index in [1.807, 2.05) is 0 Å². The summed E-state index contributed by atoms with van der Waals surface area (Å²) < 4.78 is 18.2. The molecule has 1 aliphatic heterocycles. The van der Waals surface area contributed by atoms with Crippen LogP contribution in [0.5, 0.6) is 11.9 Å². The molecule has 17 heteroatoms. The summed E-state index contributed by atoms with van der Waals surface area (Å²) >= 11 is 0. The van der Waals surface area contributed by atoms with E-state index in [9.17, 15) is 30.3 Å². The van der Waals surface area contributed by atoms with Crippen molar-refractivity contribution in [1.29, 1.82) is 0 Å². The molecule has 42 heavy (non-hydrogen) atoms. The lowest BCUT2D eigenvalue weighted by Gasteiger charge is -2.36. The fourth-order valence-electron chi connectivity index (χ4n) is 4.61. The minimum Gasteiger partial charge on any atom is -0.469 e. The van der Waals surface area contributed by atoms with Crippen molar-refractivity contribution in [3.63, 3.8) is 0 Å².